The minimum atomic E-state index is -4.13. The molecule has 1 atom stereocenters. The zero-order chi connectivity index (χ0) is 16.3. The van der Waals surface area contributed by atoms with Gasteiger partial charge in [-0.3, -0.25) is 0 Å². The van der Waals surface area contributed by atoms with Gasteiger partial charge in [0.2, 0.25) is 10.0 Å². The number of rotatable bonds is 7. The Balaban J connectivity index is 3.03. The fraction of sp³-hybridized carbons (Fsp3) is 0.500. The van der Waals surface area contributed by atoms with Crippen molar-refractivity contribution in [1.82, 2.24) is 4.72 Å². The lowest BCUT2D eigenvalue weighted by molar-refractivity contribution is 0.552. The first kappa shape index (κ1) is 18.3. The fourth-order valence-electron chi connectivity index (χ4n) is 1.55. The predicted molar refractivity (Wildman–Crippen MR) is 79.2 cm³/mol. The predicted octanol–water partition coefficient (Wildman–Crippen LogP) is 1.92. The van der Waals surface area contributed by atoms with Gasteiger partial charge in [0.25, 0.3) is 0 Å². The molecule has 1 unspecified atom stereocenters. The summed E-state index contributed by atoms with van der Waals surface area (Å²) in [6, 6.07) is 2.65. The monoisotopic (exact) mass is 357 g/mol. The molecule has 0 radical (unpaired) electrons. The number of hydrogen-bond acceptors (Lipinski definition) is 4. The van der Waals surface area contributed by atoms with Gasteiger partial charge in [-0.15, -0.1) is 11.6 Å². The van der Waals surface area contributed by atoms with E-state index in [9.17, 15) is 21.2 Å². The Morgan fingerprint density at radius 3 is 2.43 bits per heavy atom. The molecule has 1 rings (SSSR count). The van der Waals surface area contributed by atoms with Crippen LogP contribution in [0.15, 0.2) is 28.0 Å². The molecule has 9 heteroatoms. The molecule has 0 amide bonds. The number of sulfonamides is 1. The molecule has 1 aromatic rings. The molecule has 120 valence electrons. The van der Waals surface area contributed by atoms with Gasteiger partial charge < -0.3 is 0 Å². The molecule has 0 heterocycles. The van der Waals surface area contributed by atoms with Crippen LogP contribution in [0.4, 0.5) is 4.39 Å². The maximum Gasteiger partial charge on any atom is 0.243 e. The van der Waals surface area contributed by atoms with Crippen molar-refractivity contribution in [2.75, 3.05) is 12.8 Å². The van der Waals surface area contributed by atoms with Crippen molar-refractivity contribution in [2.45, 2.75) is 34.9 Å². The van der Waals surface area contributed by atoms with E-state index in [1.807, 2.05) is 6.92 Å². The summed E-state index contributed by atoms with van der Waals surface area (Å²) < 4.78 is 62.7. The molecule has 0 bridgehead atoms. The highest BCUT2D eigenvalue weighted by atomic mass is 35.5. The molecule has 1 aromatic carbocycles. The lowest BCUT2D eigenvalue weighted by Gasteiger charge is -2.10. The Bertz CT molecular complexity index is 704. The van der Waals surface area contributed by atoms with E-state index < -0.39 is 30.6 Å². The minimum absolute atomic E-state index is 0.0485. The van der Waals surface area contributed by atoms with Crippen LogP contribution in [0.25, 0.3) is 0 Å². The van der Waals surface area contributed by atoms with Crippen LogP contribution in [0.2, 0.25) is 0 Å². The Labute approximate surface area is 129 Å². The van der Waals surface area contributed by atoms with Crippen molar-refractivity contribution < 1.29 is 21.2 Å². The molecular weight excluding hydrogens is 341 g/mol. The minimum Gasteiger partial charge on any atom is -0.224 e. The third kappa shape index (κ3) is 5.21. The summed E-state index contributed by atoms with van der Waals surface area (Å²) in [6.07, 6.45) is 2.00. The quantitative estimate of drug-likeness (QED) is 0.597. The fourth-order valence-corrected chi connectivity index (χ4v) is 3.53. The summed E-state index contributed by atoms with van der Waals surface area (Å²) in [4.78, 5) is -0.943. The van der Waals surface area contributed by atoms with Crippen LogP contribution in [0.5, 0.6) is 0 Å². The van der Waals surface area contributed by atoms with Gasteiger partial charge >= 0.3 is 0 Å². The van der Waals surface area contributed by atoms with Crippen molar-refractivity contribution in [1.29, 1.82) is 0 Å². The van der Waals surface area contributed by atoms with Gasteiger partial charge in [-0.25, -0.2) is 25.9 Å². The zero-order valence-electron chi connectivity index (χ0n) is 11.6. The molecule has 5 nitrogen and oxygen atoms in total. The van der Waals surface area contributed by atoms with Gasteiger partial charge in [-0.2, -0.15) is 0 Å². The summed E-state index contributed by atoms with van der Waals surface area (Å²) in [5, 5.41) is -0.181. The van der Waals surface area contributed by atoms with Crippen LogP contribution < -0.4 is 4.72 Å². The molecule has 0 spiro atoms. The maximum atomic E-state index is 13.7. The number of nitrogens with one attached hydrogen (secondary N) is 1. The van der Waals surface area contributed by atoms with Crippen molar-refractivity contribution in [3.8, 4) is 0 Å². The molecule has 0 fully saturated rings. The Hall–Kier alpha value is -0.700. The Morgan fingerprint density at radius 1 is 1.29 bits per heavy atom. The van der Waals surface area contributed by atoms with E-state index in [4.69, 9.17) is 11.6 Å². The van der Waals surface area contributed by atoms with E-state index in [2.05, 4.69) is 4.72 Å². The summed E-state index contributed by atoms with van der Waals surface area (Å²) in [7, 11) is -7.75. The summed E-state index contributed by atoms with van der Waals surface area (Å²) in [5.41, 5.74) is 0. The van der Waals surface area contributed by atoms with Gasteiger partial charge in [0.05, 0.1) is 4.90 Å². The van der Waals surface area contributed by atoms with Gasteiger partial charge in [0.1, 0.15) is 10.7 Å². The summed E-state index contributed by atoms with van der Waals surface area (Å²) in [5.74, 6) is -1.01. The average molecular weight is 358 g/mol. The molecule has 0 aromatic heterocycles. The lowest BCUT2D eigenvalue weighted by Crippen LogP contribution is -2.27. The second kappa shape index (κ2) is 7.04. The number of benzene rings is 1. The van der Waals surface area contributed by atoms with Crippen LogP contribution in [0.1, 0.15) is 19.8 Å². The average Bonchev–Trinajstić information content (AvgIpc) is 2.37. The highest BCUT2D eigenvalue weighted by Crippen LogP contribution is 2.19. The van der Waals surface area contributed by atoms with Crippen molar-refractivity contribution in [2.24, 2.45) is 0 Å². The third-order valence-corrected chi connectivity index (χ3v) is 5.93. The van der Waals surface area contributed by atoms with E-state index in [-0.39, 0.29) is 16.8 Å². The summed E-state index contributed by atoms with van der Waals surface area (Å²) >= 11 is 5.87. The van der Waals surface area contributed by atoms with E-state index in [1.54, 1.807) is 0 Å². The van der Waals surface area contributed by atoms with Gasteiger partial charge in [0, 0.05) is 18.2 Å². The first-order valence-electron chi connectivity index (χ1n) is 6.21. The van der Waals surface area contributed by atoms with Crippen molar-refractivity contribution >= 4 is 31.5 Å². The zero-order valence-corrected chi connectivity index (χ0v) is 14.0. The highest BCUT2D eigenvalue weighted by Gasteiger charge is 2.21. The number of halogens is 2. The van der Waals surface area contributed by atoms with Crippen LogP contribution in [-0.4, -0.2) is 35.0 Å². The van der Waals surface area contributed by atoms with Crippen LogP contribution in [-0.2, 0) is 19.9 Å². The third-order valence-electron chi connectivity index (χ3n) is 2.81. The van der Waals surface area contributed by atoms with Gasteiger partial charge in [-0.1, -0.05) is 6.92 Å². The molecule has 0 aliphatic carbocycles. The van der Waals surface area contributed by atoms with Crippen molar-refractivity contribution in [3.63, 3.8) is 0 Å². The van der Waals surface area contributed by atoms with Gasteiger partial charge in [-0.05, 0) is 31.0 Å². The number of sulfone groups is 1. The molecular formula is C12H17ClFNO4S2. The second-order valence-electron chi connectivity index (χ2n) is 4.56. The molecule has 0 saturated heterocycles. The molecule has 0 aliphatic heterocycles. The Kier molecular flexibility index (Phi) is 6.15. The molecule has 0 saturated carbocycles. The normalized spacial score (nSPS) is 14.1. The summed E-state index contributed by atoms with van der Waals surface area (Å²) in [6.45, 7) is 1.91. The van der Waals surface area contributed by atoms with E-state index in [1.165, 1.54) is 0 Å². The molecule has 0 aliphatic rings. The van der Waals surface area contributed by atoms with Crippen LogP contribution in [0.3, 0.4) is 0 Å². The Morgan fingerprint density at radius 2 is 1.90 bits per heavy atom. The molecule has 21 heavy (non-hydrogen) atoms. The van der Waals surface area contributed by atoms with Gasteiger partial charge in [0.15, 0.2) is 9.84 Å². The first-order valence-corrected chi connectivity index (χ1v) is 10.0. The number of alkyl halides is 1. The second-order valence-corrected chi connectivity index (χ2v) is 8.92. The number of hydrogen-bond donors (Lipinski definition) is 1. The topological polar surface area (TPSA) is 80.3 Å². The van der Waals surface area contributed by atoms with E-state index in [0.29, 0.717) is 12.8 Å². The van der Waals surface area contributed by atoms with Crippen LogP contribution in [0, 0.1) is 5.82 Å². The van der Waals surface area contributed by atoms with Crippen molar-refractivity contribution in [3.05, 3.63) is 24.0 Å². The molecule has 1 N–H and O–H groups in total. The van der Waals surface area contributed by atoms with E-state index >= 15 is 0 Å². The first-order chi connectivity index (χ1) is 9.58. The standard InChI is InChI=1S/C12H17ClFNO4S2/c1-3-9(13)6-7-15-21(18,19)12-8-10(20(2,16)17)4-5-11(12)14/h4-5,8-9,15H,3,6-7H2,1-2H3. The maximum absolute atomic E-state index is 13.7. The largest absolute Gasteiger partial charge is 0.243 e. The van der Waals surface area contributed by atoms with Crippen LogP contribution >= 0.6 is 11.6 Å². The SMILES string of the molecule is CCC(Cl)CCNS(=O)(=O)c1cc(S(C)(=O)=O)ccc1F. The lowest BCUT2D eigenvalue weighted by atomic mass is 10.2. The smallest absolute Gasteiger partial charge is 0.224 e. The highest BCUT2D eigenvalue weighted by molar-refractivity contribution is 7.91. The van der Waals surface area contributed by atoms with E-state index in [0.717, 1.165) is 24.5 Å².